The molecule has 0 spiro atoms. The van der Waals surface area contributed by atoms with Crippen molar-refractivity contribution in [3.8, 4) is 0 Å². The van der Waals surface area contributed by atoms with Gasteiger partial charge in [0, 0.05) is 6.04 Å². The Hall–Kier alpha value is 0.830. The molecule has 0 saturated heterocycles. The van der Waals surface area contributed by atoms with Crippen LogP contribution in [0.1, 0.15) is 6.42 Å². The maximum atomic E-state index is 10.2. The van der Waals surface area contributed by atoms with E-state index < -0.39 is 21.9 Å². The Bertz CT molecular complexity index is 182. The molecule has 5 nitrogen and oxygen atoms in total. The second-order valence-corrected chi connectivity index (χ2v) is 3.58. The van der Waals surface area contributed by atoms with Crippen LogP contribution in [0.2, 0.25) is 0 Å². The van der Waals surface area contributed by atoms with Gasteiger partial charge in [-0.1, -0.05) is 0 Å². The SMILES string of the molecule is NCCC(N)CS(=O)(=O)O.[NaH]. The molecule has 0 aliphatic heterocycles. The van der Waals surface area contributed by atoms with Crippen molar-refractivity contribution in [2.45, 2.75) is 12.5 Å². The van der Waals surface area contributed by atoms with Crippen LogP contribution in [0.15, 0.2) is 0 Å². The Kier molecular flexibility index (Phi) is 8.30. The average Bonchev–Trinajstić information content (AvgIpc) is 1.59. The molecular formula is C4H13N2NaO3S. The van der Waals surface area contributed by atoms with Crippen molar-refractivity contribution in [1.29, 1.82) is 0 Å². The summed E-state index contributed by atoms with van der Waals surface area (Å²) in [6.45, 7) is 0.330. The van der Waals surface area contributed by atoms with Gasteiger partial charge in [0.1, 0.15) is 0 Å². The normalized spacial score (nSPS) is 13.7. The van der Waals surface area contributed by atoms with Gasteiger partial charge in [-0.3, -0.25) is 4.55 Å². The third kappa shape index (κ3) is 10.8. The Morgan fingerprint density at radius 3 is 2.18 bits per heavy atom. The molecule has 7 heteroatoms. The quantitative estimate of drug-likeness (QED) is 0.349. The van der Waals surface area contributed by atoms with E-state index in [0.29, 0.717) is 13.0 Å². The van der Waals surface area contributed by atoms with Crippen molar-refractivity contribution in [2.24, 2.45) is 11.5 Å². The third-order valence-electron chi connectivity index (χ3n) is 0.962. The first-order valence-electron chi connectivity index (χ1n) is 2.86. The molecule has 0 bridgehead atoms. The Labute approximate surface area is 88.6 Å². The fraction of sp³-hybridized carbons (Fsp3) is 1.00. The molecule has 0 heterocycles. The van der Waals surface area contributed by atoms with Crippen LogP contribution in [-0.2, 0) is 10.1 Å². The molecule has 1 unspecified atom stereocenters. The van der Waals surface area contributed by atoms with Crippen molar-refractivity contribution in [3.63, 3.8) is 0 Å². The van der Waals surface area contributed by atoms with Gasteiger partial charge < -0.3 is 11.5 Å². The molecule has 0 aliphatic rings. The second-order valence-electron chi connectivity index (χ2n) is 2.09. The molecule has 0 aromatic carbocycles. The van der Waals surface area contributed by atoms with Crippen LogP contribution in [0.5, 0.6) is 0 Å². The van der Waals surface area contributed by atoms with Crippen molar-refractivity contribution in [1.82, 2.24) is 0 Å². The number of hydrogen-bond acceptors (Lipinski definition) is 4. The number of hydrogen-bond donors (Lipinski definition) is 3. The minimum absolute atomic E-state index is 0. The Morgan fingerprint density at radius 1 is 1.45 bits per heavy atom. The first-order valence-corrected chi connectivity index (χ1v) is 4.47. The van der Waals surface area contributed by atoms with Gasteiger partial charge in [-0.15, -0.1) is 0 Å². The van der Waals surface area contributed by atoms with E-state index in [1.54, 1.807) is 0 Å². The average molecular weight is 192 g/mol. The molecule has 0 fully saturated rings. The maximum absolute atomic E-state index is 10.2. The minimum atomic E-state index is -3.93. The summed E-state index contributed by atoms with van der Waals surface area (Å²) in [5.74, 6) is -0.413. The summed E-state index contributed by atoms with van der Waals surface area (Å²) in [5, 5.41) is 0. The molecular weight excluding hydrogens is 179 g/mol. The molecule has 0 aromatic rings. The van der Waals surface area contributed by atoms with Crippen LogP contribution < -0.4 is 11.5 Å². The van der Waals surface area contributed by atoms with Crippen molar-refractivity contribution in [2.75, 3.05) is 12.3 Å². The predicted octanol–water partition coefficient (Wildman–Crippen LogP) is -2.10. The summed E-state index contributed by atoms with van der Waals surface area (Å²) >= 11 is 0. The molecule has 5 N–H and O–H groups in total. The number of nitrogens with two attached hydrogens (primary N) is 2. The van der Waals surface area contributed by atoms with Crippen molar-refractivity contribution < 1.29 is 13.0 Å². The van der Waals surface area contributed by atoms with Crippen molar-refractivity contribution >= 4 is 39.7 Å². The summed E-state index contributed by atoms with van der Waals surface area (Å²) in [7, 11) is -3.93. The van der Waals surface area contributed by atoms with Crippen LogP contribution in [0.25, 0.3) is 0 Å². The van der Waals surface area contributed by atoms with Crippen LogP contribution in [-0.4, -0.2) is 60.9 Å². The zero-order valence-corrected chi connectivity index (χ0v) is 6.34. The summed E-state index contributed by atoms with van der Waals surface area (Å²) in [5.41, 5.74) is 10.3. The van der Waals surface area contributed by atoms with Crippen molar-refractivity contribution in [3.05, 3.63) is 0 Å². The summed E-state index contributed by atoms with van der Waals surface area (Å²) in [6, 6.07) is -0.556. The van der Waals surface area contributed by atoms with Crippen LogP contribution >= 0.6 is 0 Å². The van der Waals surface area contributed by atoms with E-state index in [-0.39, 0.29) is 29.6 Å². The van der Waals surface area contributed by atoms with E-state index in [1.165, 1.54) is 0 Å². The Morgan fingerprint density at radius 2 is 1.91 bits per heavy atom. The predicted molar refractivity (Wildman–Crippen MR) is 45.2 cm³/mol. The molecule has 0 aromatic heterocycles. The van der Waals surface area contributed by atoms with Crippen LogP contribution in [0.3, 0.4) is 0 Å². The van der Waals surface area contributed by atoms with Crippen LogP contribution in [0, 0.1) is 0 Å². The molecule has 64 valence electrons. The number of rotatable bonds is 4. The molecule has 0 rings (SSSR count). The fourth-order valence-electron chi connectivity index (χ4n) is 0.568. The van der Waals surface area contributed by atoms with E-state index in [0.717, 1.165) is 0 Å². The molecule has 0 amide bonds. The van der Waals surface area contributed by atoms with Gasteiger partial charge in [-0.25, -0.2) is 0 Å². The summed E-state index contributed by atoms with van der Waals surface area (Å²) in [4.78, 5) is 0. The molecule has 0 saturated carbocycles. The van der Waals surface area contributed by atoms with Gasteiger partial charge in [0.05, 0.1) is 5.75 Å². The summed E-state index contributed by atoms with van der Waals surface area (Å²) < 4.78 is 28.6. The first kappa shape index (κ1) is 14.4. The zero-order valence-electron chi connectivity index (χ0n) is 5.53. The second kappa shape index (κ2) is 6.36. The molecule has 1 atom stereocenters. The van der Waals surface area contributed by atoms with Gasteiger partial charge in [-0.2, -0.15) is 8.42 Å². The van der Waals surface area contributed by atoms with Gasteiger partial charge in [0.25, 0.3) is 10.1 Å². The standard InChI is InChI=1S/C4H12N2O3S.Na.H/c5-2-1-4(6)3-10(7,8)9;;/h4H,1-3,5-6H2,(H,7,8,9);;. The van der Waals surface area contributed by atoms with E-state index >= 15 is 0 Å². The summed E-state index contributed by atoms with van der Waals surface area (Å²) in [6.07, 6.45) is 0.403. The van der Waals surface area contributed by atoms with Gasteiger partial charge in [-0.05, 0) is 13.0 Å². The monoisotopic (exact) mass is 192 g/mol. The van der Waals surface area contributed by atoms with Gasteiger partial charge in [0.2, 0.25) is 0 Å². The zero-order chi connectivity index (χ0) is 8.20. The molecule has 0 aliphatic carbocycles. The van der Waals surface area contributed by atoms with E-state index in [2.05, 4.69) is 0 Å². The van der Waals surface area contributed by atoms with E-state index in [1.807, 2.05) is 0 Å². The Balaban J connectivity index is 0. The fourth-order valence-corrected chi connectivity index (χ4v) is 1.28. The molecule has 11 heavy (non-hydrogen) atoms. The molecule has 0 radical (unpaired) electrons. The van der Waals surface area contributed by atoms with E-state index in [9.17, 15) is 8.42 Å². The van der Waals surface area contributed by atoms with Gasteiger partial charge in [0.15, 0.2) is 0 Å². The first-order chi connectivity index (χ1) is 4.45. The van der Waals surface area contributed by atoms with E-state index in [4.69, 9.17) is 16.0 Å². The third-order valence-corrected chi connectivity index (χ3v) is 1.81. The topological polar surface area (TPSA) is 106 Å². The van der Waals surface area contributed by atoms with Gasteiger partial charge >= 0.3 is 29.6 Å². The van der Waals surface area contributed by atoms with Crippen LogP contribution in [0.4, 0.5) is 0 Å².